The first-order chi connectivity index (χ1) is 12.2. The van der Waals surface area contributed by atoms with Crippen molar-refractivity contribution >= 4 is 6.03 Å². The van der Waals surface area contributed by atoms with Gasteiger partial charge in [0.25, 0.3) is 0 Å². The number of urea groups is 1. The molecule has 0 aliphatic rings. The third-order valence-electron chi connectivity index (χ3n) is 3.61. The van der Waals surface area contributed by atoms with Gasteiger partial charge < -0.3 is 15.1 Å². The predicted octanol–water partition coefficient (Wildman–Crippen LogP) is 3.52. The minimum absolute atomic E-state index is 0.230. The SMILES string of the molecule is O=C(NCCc1coc(-c2ccc(F)cc2)n1)NCc1ccccc1. The number of amides is 2. The van der Waals surface area contributed by atoms with Crippen molar-refractivity contribution in [3.05, 3.63) is 77.9 Å². The largest absolute Gasteiger partial charge is 0.444 e. The van der Waals surface area contributed by atoms with E-state index in [0.717, 1.165) is 11.3 Å². The number of oxazole rings is 1. The summed E-state index contributed by atoms with van der Waals surface area (Å²) in [4.78, 5) is 16.1. The van der Waals surface area contributed by atoms with Gasteiger partial charge in [-0.05, 0) is 29.8 Å². The maximum absolute atomic E-state index is 12.9. The highest BCUT2D eigenvalue weighted by Gasteiger charge is 2.07. The van der Waals surface area contributed by atoms with Gasteiger partial charge in [0.15, 0.2) is 0 Å². The molecule has 2 amide bonds. The van der Waals surface area contributed by atoms with Crippen LogP contribution in [0, 0.1) is 5.82 Å². The van der Waals surface area contributed by atoms with E-state index in [9.17, 15) is 9.18 Å². The molecule has 1 heterocycles. The topological polar surface area (TPSA) is 67.2 Å². The molecule has 0 unspecified atom stereocenters. The number of halogens is 1. The number of nitrogens with zero attached hydrogens (tertiary/aromatic N) is 1. The molecule has 0 saturated carbocycles. The number of hydrogen-bond acceptors (Lipinski definition) is 3. The van der Waals surface area contributed by atoms with Gasteiger partial charge in [-0.3, -0.25) is 0 Å². The zero-order valence-corrected chi connectivity index (χ0v) is 13.5. The van der Waals surface area contributed by atoms with Gasteiger partial charge in [0.1, 0.15) is 12.1 Å². The molecule has 128 valence electrons. The Morgan fingerprint density at radius 3 is 2.56 bits per heavy atom. The summed E-state index contributed by atoms with van der Waals surface area (Å²) < 4.78 is 18.3. The van der Waals surface area contributed by atoms with Crippen molar-refractivity contribution < 1.29 is 13.6 Å². The second kappa shape index (κ2) is 8.10. The first-order valence-corrected chi connectivity index (χ1v) is 7.97. The number of hydrogen-bond donors (Lipinski definition) is 2. The summed E-state index contributed by atoms with van der Waals surface area (Å²) in [5.41, 5.74) is 2.47. The van der Waals surface area contributed by atoms with E-state index >= 15 is 0 Å². The van der Waals surface area contributed by atoms with Crippen LogP contribution in [0.2, 0.25) is 0 Å². The summed E-state index contributed by atoms with van der Waals surface area (Å²) in [6.45, 7) is 0.918. The van der Waals surface area contributed by atoms with E-state index < -0.39 is 0 Å². The van der Waals surface area contributed by atoms with E-state index in [1.54, 1.807) is 18.4 Å². The normalized spacial score (nSPS) is 10.4. The number of carbonyl (C=O) groups excluding carboxylic acids is 1. The van der Waals surface area contributed by atoms with E-state index in [-0.39, 0.29) is 11.8 Å². The van der Waals surface area contributed by atoms with E-state index in [1.165, 1.54) is 12.1 Å². The van der Waals surface area contributed by atoms with Gasteiger partial charge in [0, 0.05) is 25.1 Å². The molecule has 0 radical (unpaired) electrons. The molecule has 25 heavy (non-hydrogen) atoms. The molecule has 0 aliphatic carbocycles. The van der Waals surface area contributed by atoms with Crippen LogP contribution in [0.5, 0.6) is 0 Å². The van der Waals surface area contributed by atoms with Gasteiger partial charge in [0.2, 0.25) is 5.89 Å². The number of aromatic nitrogens is 1. The Bertz CT molecular complexity index is 816. The van der Waals surface area contributed by atoms with Crippen LogP contribution in [-0.2, 0) is 13.0 Å². The van der Waals surface area contributed by atoms with Crippen molar-refractivity contribution in [2.45, 2.75) is 13.0 Å². The van der Waals surface area contributed by atoms with Crippen LogP contribution in [0.3, 0.4) is 0 Å². The minimum atomic E-state index is -0.304. The lowest BCUT2D eigenvalue weighted by atomic mass is 10.2. The fourth-order valence-corrected chi connectivity index (χ4v) is 2.29. The summed E-state index contributed by atoms with van der Waals surface area (Å²) in [6, 6.07) is 15.4. The molecule has 1 aromatic heterocycles. The van der Waals surface area contributed by atoms with E-state index in [1.807, 2.05) is 30.3 Å². The maximum atomic E-state index is 12.9. The van der Waals surface area contributed by atoms with E-state index in [2.05, 4.69) is 15.6 Å². The standard InChI is InChI=1S/C19H18FN3O2/c20-16-8-6-15(7-9-16)18-23-17(13-25-18)10-11-21-19(24)22-12-14-4-2-1-3-5-14/h1-9,13H,10-12H2,(H2,21,22,24). The molecular weight excluding hydrogens is 321 g/mol. The van der Waals surface area contributed by atoms with Gasteiger partial charge in [-0.15, -0.1) is 0 Å². The smallest absolute Gasteiger partial charge is 0.315 e. The highest BCUT2D eigenvalue weighted by atomic mass is 19.1. The van der Waals surface area contributed by atoms with Crippen molar-refractivity contribution in [2.75, 3.05) is 6.54 Å². The summed E-state index contributed by atoms with van der Waals surface area (Å²) in [7, 11) is 0. The van der Waals surface area contributed by atoms with Crippen LogP contribution in [0.1, 0.15) is 11.3 Å². The third kappa shape index (κ3) is 4.91. The minimum Gasteiger partial charge on any atom is -0.444 e. The van der Waals surface area contributed by atoms with Crippen molar-refractivity contribution in [3.8, 4) is 11.5 Å². The van der Waals surface area contributed by atoms with Crippen LogP contribution in [0.25, 0.3) is 11.5 Å². The van der Waals surface area contributed by atoms with Crippen molar-refractivity contribution in [1.29, 1.82) is 0 Å². The first-order valence-electron chi connectivity index (χ1n) is 7.97. The Kier molecular flexibility index (Phi) is 5.41. The summed E-state index contributed by atoms with van der Waals surface area (Å²) in [5, 5.41) is 5.57. The monoisotopic (exact) mass is 339 g/mol. The Morgan fingerprint density at radius 2 is 1.80 bits per heavy atom. The number of rotatable bonds is 6. The van der Waals surface area contributed by atoms with Crippen molar-refractivity contribution in [2.24, 2.45) is 0 Å². The first kappa shape index (κ1) is 16.7. The molecule has 3 aromatic rings. The summed E-state index contributed by atoms with van der Waals surface area (Å²) >= 11 is 0. The Hall–Kier alpha value is -3.15. The van der Waals surface area contributed by atoms with Crippen LogP contribution in [0.4, 0.5) is 9.18 Å². The fourth-order valence-electron chi connectivity index (χ4n) is 2.29. The van der Waals surface area contributed by atoms with E-state index in [4.69, 9.17) is 4.42 Å². The highest BCUT2D eigenvalue weighted by Crippen LogP contribution is 2.18. The second-order valence-electron chi connectivity index (χ2n) is 5.50. The van der Waals surface area contributed by atoms with Crippen LogP contribution < -0.4 is 10.6 Å². The average Bonchev–Trinajstić information content (AvgIpc) is 3.10. The summed E-state index contributed by atoms with van der Waals surface area (Å²) in [6.07, 6.45) is 2.09. The molecule has 3 rings (SSSR count). The zero-order chi connectivity index (χ0) is 17.5. The van der Waals surface area contributed by atoms with Crippen LogP contribution >= 0.6 is 0 Å². The molecule has 2 aromatic carbocycles. The molecular formula is C19H18FN3O2. The predicted molar refractivity (Wildman–Crippen MR) is 92.3 cm³/mol. The number of carbonyl (C=O) groups is 1. The molecule has 6 heteroatoms. The molecule has 0 atom stereocenters. The van der Waals surface area contributed by atoms with Gasteiger partial charge in [-0.1, -0.05) is 30.3 Å². The van der Waals surface area contributed by atoms with Gasteiger partial charge in [0.05, 0.1) is 5.69 Å². The van der Waals surface area contributed by atoms with Crippen LogP contribution in [0.15, 0.2) is 65.3 Å². The molecule has 0 fully saturated rings. The molecule has 0 bridgehead atoms. The quantitative estimate of drug-likeness (QED) is 0.722. The fraction of sp³-hybridized carbons (Fsp3) is 0.158. The maximum Gasteiger partial charge on any atom is 0.315 e. The van der Waals surface area contributed by atoms with Crippen molar-refractivity contribution in [3.63, 3.8) is 0 Å². The second-order valence-corrected chi connectivity index (χ2v) is 5.50. The highest BCUT2D eigenvalue weighted by molar-refractivity contribution is 5.73. The van der Waals surface area contributed by atoms with Gasteiger partial charge in [-0.25, -0.2) is 14.2 Å². The molecule has 0 saturated heterocycles. The number of nitrogens with one attached hydrogen (secondary N) is 2. The zero-order valence-electron chi connectivity index (χ0n) is 13.5. The Morgan fingerprint density at radius 1 is 1.04 bits per heavy atom. The Balaban J connectivity index is 1.43. The lowest BCUT2D eigenvalue weighted by Crippen LogP contribution is -2.36. The molecule has 0 aliphatic heterocycles. The lowest BCUT2D eigenvalue weighted by molar-refractivity contribution is 0.240. The van der Waals surface area contributed by atoms with E-state index in [0.29, 0.717) is 31.0 Å². The molecule has 5 nitrogen and oxygen atoms in total. The average molecular weight is 339 g/mol. The molecule has 0 spiro atoms. The third-order valence-corrected chi connectivity index (χ3v) is 3.61. The van der Waals surface area contributed by atoms with Gasteiger partial charge >= 0.3 is 6.03 Å². The lowest BCUT2D eigenvalue weighted by Gasteiger charge is -2.06. The number of benzene rings is 2. The van der Waals surface area contributed by atoms with Gasteiger partial charge in [-0.2, -0.15) is 0 Å². The van der Waals surface area contributed by atoms with Crippen LogP contribution in [-0.4, -0.2) is 17.6 Å². The Labute approximate surface area is 144 Å². The molecule has 2 N–H and O–H groups in total. The van der Waals surface area contributed by atoms with Crippen molar-refractivity contribution in [1.82, 2.24) is 15.6 Å². The summed E-state index contributed by atoms with van der Waals surface area (Å²) in [5.74, 6) is 0.129.